The van der Waals surface area contributed by atoms with Crippen LogP contribution in [-0.4, -0.2) is 23.6 Å². The van der Waals surface area contributed by atoms with Crippen LogP contribution in [0, 0.1) is 0 Å². The lowest BCUT2D eigenvalue weighted by atomic mass is 9.68. The summed E-state index contributed by atoms with van der Waals surface area (Å²) in [6.07, 6.45) is -0.946. The molecule has 20 heavy (non-hydrogen) atoms. The molecule has 0 amide bonds. The highest BCUT2D eigenvalue weighted by molar-refractivity contribution is 5.82. The molecule has 1 aliphatic rings. The summed E-state index contributed by atoms with van der Waals surface area (Å²) >= 11 is 0. The first-order valence-corrected chi connectivity index (χ1v) is 6.75. The van der Waals surface area contributed by atoms with Crippen molar-refractivity contribution in [3.05, 3.63) is 29.8 Å². The van der Waals surface area contributed by atoms with E-state index >= 15 is 0 Å². The number of benzene rings is 1. The lowest BCUT2D eigenvalue weighted by molar-refractivity contribution is -0.149. The smallest absolute Gasteiger partial charge is 0.314 e. The number of halogens is 2. The Morgan fingerprint density at radius 3 is 2.40 bits per heavy atom. The number of hydrogen-bond donors (Lipinski definition) is 1. The van der Waals surface area contributed by atoms with Crippen LogP contribution in [0.25, 0.3) is 0 Å². The van der Waals surface area contributed by atoms with E-state index in [2.05, 4.69) is 0 Å². The summed E-state index contributed by atoms with van der Waals surface area (Å²) in [5, 5.41) is 9.60. The Morgan fingerprint density at radius 1 is 1.25 bits per heavy atom. The second kappa shape index (κ2) is 5.38. The van der Waals surface area contributed by atoms with Gasteiger partial charge in [-0.3, -0.25) is 4.79 Å². The molecule has 110 valence electrons. The summed E-state index contributed by atoms with van der Waals surface area (Å²) < 4.78 is 32.2. The third-order valence-electron chi connectivity index (χ3n) is 3.95. The topological polar surface area (TPSA) is 46.5 Å². The predicted octanol–water partition coefficient (Wildman–Crippen LogP) is 3.62. The van der Waals surface area contributed by atoms with Crippen molar-refractivity contribution in [2.75, 3.05) is 6.61 Å². The number of alkyl halides is 2. The van der Waals surface area contributed by atoms with Crippen molar-refractivity contribution in [2.45, 2.75) is 43.9 Å². The van der Waals surface area contributed by atoms with Gasteiger partial charge in [0.2, 0.25) is 5.92 Å². The highest BCUT2D eigenvalue weighted by Gasteiger charge is 2.50. The van der Waals surface area contributed by atoms with Gasteiger partial charge in [0.25, 0.3) is 0 Å². The lowest BCUT2D eigenvalue weighted by Crippen LogP contribution is -2.43. The van der Waals surface area contributed by atoms with E-state index in [-0.39, 0.29) is 12.8 Å². The quantitative estimate of drug-likeness (QED) is 0.918. The molecule has 5 heteroatoms. The van der Waals surface area contributed by atoms with E-state index in [9.17, 15) is 18.7 Å². The van der Waals surface area contributed by atoms with E-state index < -0.39 is 30.1 Å². The number of para-hydroxylation sites is 1. The zero-order valence-corrected chi connectivity index (χ0v) is 11.4. The largest absolute Gasteiger partial charge is 0.494 e. The van der Waals surface area contributed by atoms with Crippen molar-refractivity contribution in [3.63, 3.8) is 0 Å². The highest BCUT2D eigenvalue weighted by Crippen LogP contribution is 2.48. The molecule has 1 saturated carbocycles. The summed E-state index contributed by atoms with van der Waals surface area (Å²) in [5.74, 6) is -3.35. The van der Waals surface area contributed by atoms with E-state index in [4.69, 9.17) is 4.74 Å². The summed E-state index contributed by atoms with van der Waals surface area (Å²) in [4.78, 5) is 11.7. The van der Waals surface area contributed by atoms with Crippen LogP contribution in [0.1, 0.15) is 38.2 Å². The second-order valence-electron chi connectivity index (χ2n) is 5.17. The van der Waals surface area contributed by atoms with E-state index in [0.29, 0.717) is 17.9 Å². The average molecular weight is 284 g/mol. The molecule has 0 atom stereocenters. The molecule has 0 radical (unpaired) electrons. The molecule has 0 bridgehead atoms. The van der Waals surface area contributed by atoms with Gasteiger partial charge < -0.3 is 9.84 Å². The third-order valence-corrected chi connectivity index (χ3v) is 3.95. The van der Waals surface area contributed by atoms with Gasteiger partial charge in [0.15, 0.2) is 0 Å². The summed E-state index contributed by atoms with van der Waals surface area (Å²) in [5.41, 5.74) is -0.766. The SMILES string of the molecule is CCOc1ccccc1C1(C(=O)O)CCC(F)(F)CC1. The molecule has 2 rings (SSSR count). The van der Waals surface area contributed by atoms with Gasteiger partial charge in [0, 0.05) is 18.4 Å². The Morgan fingerprint density at radius 2 is 1.85 bits per heavy atom. The fourth-order valence-electron chi connectivity index (χ4n) is 2.78. The van der Waals surface area contributed by atoms with Crippen LogP contribution in [0.4, 0.5) is 8.78 Å². The monoisotopic (exact) mass is 284 g/mol. The molecule has 0 aromatic heterocycles. The number of carboxylic acid groups (broad SMARTS) is 1. The van der Waals surface area contributed by atoms with E-state index in [0.717, 1.165) is 0 Å². The van der Waals surface area contributed by atoms with Crippen molar-refractivity contribution in [1.29, 1.82) is 0 Å². The maximum absolute atomic E-state index is 13.4. The van der Waals surface area contributed by atoms with Crippen LogP contribution in [-0.2, 0) is 10.2 Å². The zero-order chi connectivity index (χ0) is 14.8. The standard InChI is InChI=1S/C15H18F2O3/c1-2-20-12-6-4-3-5-11(12)14(13(18)19)7-9-15(16,17)10-8-14/h3-6H,2,7-10H2,1H3,(H,18,19). The lowest BCUT2D eigenvalue weighted by Gasteiger charge is -2.37. The number of hydrogen-bond acceptors (Lipinski definition) is 2. The van der Waals surface area contributed by atoms with E-state index in [1.807, 2.05) is 0 Å². The molecule has 0 unspecified atom stereocenters. The van der Waals surface area contributed by atoms with Crippen molar-refractivity contribution in [3.8, 4) is 5.75 Å². The molecule has 1 fully saturated rings. The Kier molecular flexibility index (Phi) is 3.97. The first-order valence-electron chi connectivity index (χ1n) is 6.75. The van der Waals surface area contributed by atoms with Crippen molar-refractivity contribution >= 4 is 5.97 Å². The maximum Gasteiger partial charge on any atom is 0.314 e. The highest BCUT2D eigenvalue weighted by atomic mass is 19.3. The van der Waals surface area contributed by atoms with Crippen LogP contribution >= 0.6 is 0 Å². The van der Waals surface area contributed by atoms with Crippen LogP contribution in [0.3, 0.4) is 0 Å². The van der Waals surface area contributed by atoms with Crippen molar-refractivity contribution in [1.82, 2.24) is 0 Å². The summed E-state index contributed by atoms with van der Waals surface area (Å²) in [6.45, 7) is 2.21. The fraction of sp³-hybridized carbons (Fsp3) is 0.533. The molecule has 0 aliphatic heterocycles. The van der Waals surface area contributed by atoms with Crippen LogP contribution in [0.5, 0.6) is 5.75 Å². The van der Waals surface area contributed by atoms with Gasteiger partial charge in [-0.1, -0.05) is 18.2 Å². The molecule has 0 saturated heterocycles. The van der Waals surface area contributed by atoms with E-state index in [1.54, 1.807) is 31.2 Å². The Labute approximate surface area is 116 Å². The predicted molar refractivity (Wildman–Crippen MR) is 70.3 cm³/mol. The normalized spacial score (nSPS) is 20.4. The molecule has 1 aromatic rings. The van der Waals surface area contributed by atoms with Crippen LogP contribution in [0.15, 0.2) is 24.3 Å². The van der Waals surface area contributed by atoms with Crippen LogP contribution < -0.4 is 4.74 Å². The summed E-state index contributed by atoms with van der Waals surface area (Å²) in [7, 11) is 0. The number of ether oxygens (including phenoxy) is 1. The van der Waals surface area contributed by atoms with Crippen molar-refractivity contribution in [2.24, 2.45) is 0 Å². The molecule has 0 heterocycles. The molecule has 1 aromatic carbocycles. The molecule has 1 N–H and O–H groups in total. The van der Waals surface area contributed by atoms with Gasteiger partial charge in [0.1, 0.15) is 5.75 Å². The van der Waals surface area contributed by atoms with Gasteiger partial charge >= 0.3 is 5.97 Å². The van der Waals surface area contributed by atoms with Gasteiger partial charge in [-0.05, 0) is 25.8 Å². The molecule has 0 spiro atoms. The van der Waals surface area contributed by atoms with Gasteiger partial charge in [-0.25, -0.2) is 8.78 Å². The minimum Gasteiger partial charge on any atom is -0.494 e. The Bertz CT molecular complexity index is 490. The number of carbonyl (C=O) groups is 1. The molecular weight excluding hydrogens is 266 g/mol. The minimum atomic E-state index is -2.76. The van der Waals surface area contributed by atoms with E-state index in [1.165, 1.54) is 0 Å². The first-order chi connectivity index (χ1) is 9.41. The number of aliphatic carboxylic acids is 1. The van der Waals surface area contributed by atoms with Gasteiger partial charge in [0.05, 0.1) is 12.0 Å². The first kappa shape index (κ1) is 14.8. The average Bonchev–Trinajstić information content (AvgIpc) is 2.40. The van der Waals surface area contributed by atoms with Gasteiger partial charge in [-0.15, -0.1) is 0 Å². The Hall–Kier alpha value is -1.65. The fourth-order valence-corrected chi connectivity index (χ4v) is 2.78. The van der Waals surface area contributed by atoms with Gasteiger partial charge in [-0.2, -0.15) is 0 Å². The molecule has 3 nitrogen and oxygen atoms in total. The minimum absolute atomic E-state index is 0.0700. The van der Waals surface area contributed by atoms with Crippen molar-refractivity contribution < 1.29 is 23.4 Å². The summed E-state index contributed by atoms with van der Waals surface area (Å²) in [6, 6.07) is 6.83. The molecular formula is C15H18F2O3. The maximum atomic E-state index is 13.4. The second-order valence-corrected chi connectivity index (χ2v) is 5.17. The Balaban J connectivity index is 2.42. The molecule has 1 aliphatic carbocycles. The number of carboxylic acids is 1. The zero-order valence-electron chi connectivity index (χ0n) is 11.4. The third kappa shape index (κ3) is 2.62. The van der Waals surface area contributed by atoms with Crippen LogP contribution in [0.2, 0.25) is 0 Å². The number of rotatable bonds is 4.